The van der Waals surface area contributed by atoms with Crippen LogP contribution in [0.1, 0.15) is 22.3 Å². The molecular formula is C24H20ClNO3S. The van der Waals surface area contributed by atoms with Crippen LogP contribution in [0, 0.1) is 25.2 Å². The van der Waals surface area contributed by atoms with E-state index < -0.39 is 9.84 Å². The van der Waals surface area contributed by atoms with E-state index in [0.29, 0.717) is 22.9 Å². The number of hydrogen-bond donors (Lipinski definition) is 0. The number of rotatable bonds is 6. The number of benzene rings is 3. The molecule has 0 atom stereocenters. The lowest BCUT2D eigenvalue weighted by molar-refractivity contribution is 0.306. The van der Waals surface area contributed by atoms with Gasteiger partial charge in [-0.2, -0.15) is 5.26 Å². The molecule has 0 fully saturated rings. The second-order valence-corrected chi connectivity index (χ2v) is 9.29. The van der Waals surface area contributed by atoms with Gasteiger partial charge < -0.3 is 4.74 Å². The number of halogens is 1. The molecule has 6 heteroatoms. The molecule has 0 saturated carbocycles. The van der Waals surface area contributed by atoms with Crippen molar-refractivity contribution in [3.05, 3.63) is 98.9 Å². The lowest BCUT2D eigenvalue weighted by Gasteiger charge is -2.09. The van der Waals surface area contributed by atoms with Crippen LogP contribution >= 0.6 is 11.6 Å². The van der Waals surface area contributed by atoms with E-state index in [4.69, 9.17) is 16.3 Å². The Kier molecular flexibility index (Phi) is 6.61. The van der Waals surface area contributed by atoms with Crippen molar-refractivity contribution in [2.75, 3.05) is 0 Å². The number of nitrogens with zero attached hydrogens (tertiary/aromatic N) is 1. The molecule has 0 heterocycles. The Morgan fingerprint density at radius 2 is 1.60 bits per heavy atom. The van der Waals surface area contributed by atoms with Gasteiger partial charge in [-0.15, -0.1) is 0 Å². The van der Waals surface area contributed by atoms with Gasteiger partial charge in [0.25, 0.3) is 0 Å². The highest BCUT2D eigenvalue weighted by Gasteiger charge is 2.20. The molecule has 0 aliphatic carbocycles. The van der Waals surface area contributed by atoms with Gasteiger partial charge in [-0.25, -0.2) is 8.42 Å². The molecule has 3 aromatic carbocycles. The summed E-state index contributed by atoms with van der Waals surface area (Å²) in [4.78, 5) is -0.318. The summed E-state index contributed by atoms with van der Waals surface area (Å²) < 4.78 is 31.2. The van der Waals surface area contributed by atoms with Gasteiger partial charge in [0.05, 0.1) is 4.90 Å². The van der Waals surface area contributed by atoms with Crippen LogP contribution in [0.5, 0.6) is 5.75 Å². The fourth-order valence-corrected chi connectivity index (χ4v) is 4.33. The van der Waals surface area contributed by atoms with E-state index >= 15 is 0 Å². The molecule has 0 unspecified atom stereocenters. The first-order valence-electron chi connectivity index (χ1n) is 9.20. The van der Waals surface area contributed by atoms with Crippen molar-refractivity contribution in [1.82, 2.24) is 0 Å². The normalized spacial score (nSPS) is 11.7. The number of ether oxygens (including phenoxy) is 1. The molecule has 152 valence electrons. The summed E-state index contributed by atoms with van der Waals surface area (Å²) in [5.41, 5.74) is 4.03. The zero-order valence-electron chi connectivity index (χ0n) is 16.6. The van der Waals surface area contributed by atoms with Crippen molar-refractivity contribution in [2.24, 2.45) is 0 Å². The maximum absolute atomic E-state index is 12.7. The molecule has 0 aliphatic heterocycles. The second-order valence-electron chi connectivity index (χ2n) is 6.93. The second kappa shape index (κ2) is 9.17. The lowest BCUT2D eigenvalue weighted by Crippen LogP contribution is -2.03. The van der Waals surface area contributed by atoms with Gasteiger partial charge in [0.2, 0.25) is 9.84 Å². The van der Waals surface area contributed by atoms with E-state index in [1.807, 2.05) is 13.8 Å². The first-order valence-corrected chi connectivity index (χ1v) is 11.1. The molecule has 0 N–H and O–H groups in total. The van der Waals surface area contributed by atoms with E-state index in [0.717, 1.165) is 5.56 Å². The quantitative estimate of drug-likeness (QED) is 0.452. The van der Waals surface area contributed by atoms with Gasteiger partial charge in [-0.05, 0) is 67.4 Å². The third-order valence-electron chi connectivity index (χ3n) is 4.39. The predicted octanol–water partition coefficient (Wildman–Crippen LogP) is 5.87. The van der Waals surface area contributed by atoms with Crippen molar-refractivity contribution in [3.63, 3.8) is 0 Å². The summed E-state index contributed by atoms with van der Waals surface area (Å²) in [6.45, 7) is 4.52. The Morgan fingerprint density at radius 1 is 1.00 bits per heavy atom. The van der Waals surface area contributed by atoms with Crippen molar-refractivity contribution < 1.29 is 13.2 Å². The lowest BCUT2D eigenvalue weighted by atomic mass is 10.1. The zero-order valence-corrected chi connectivity index (χ0v) is 18.2. The Balaban J connectivity index is 1.76. The van der Waals surface area contributed by atoms with Crippen LogP contribution in [0.4, 0.5) is 0 Å². The summed E-state index contributed by atoms with van der Waals surface area (Å²) in [7, 11) is -3.92. The number of hydrogen-bond acceptors (Lipinski definition) is 4. The Morgan fingerprint density at radius 3 is 2.17 bits per heavy atom. The molecule has 0 saturated heterocycles. The third-order valence-corrected chi connectivity index (χ3v) is 6.32. The van der Waals surface area contributed by atoms with Crippen LogP contribution in [0.3, 0.4) is 0 Å². The smallest absolute Gasteiger partial charge is 0.216 e. The Bertz CT molecular complexity index is 1200. The summed E-state index contributed by atoms with van der Waals surface area (Å²) in [6.07, 6.45) is 1.34. The first-order chi connectivity index (χ1) is 14.3. The van der Waals surface area contributed by atoms with Crippen molar-refractivity contribution in [2.45, 2.75) is 25.3 Å². The van der Waals surface area contributed by atoms with Gasteiger partial charge in [0.1, 0.15) is 23.3 Å². The maximum atomic E-state index is 12.7. The minimum Gasteiger partial charge on any atom is -0.489 e. The highest BCUT2D eigenvalue weighted by atomic mass is 35.5. The minimum atomic E-state index is -3.92. The summed E-state index contributed by atoms with van der Waals surface area (Å²) in [6, 6.07) is 20.7. The van der Waals surface area contributed by atoms with E-state index in [1.165, 1.54) is 41.5 Å². The van der Waals surface area contributed by atoms with Gasteiger partial charge >= 0.3 is 0 Å². The fourth-order valence-electron chi connectivity index (χ4n) is 3.04. The molecular weight excluding hydrogens is 418 g/mol. The van der Waals surface area contributed by atoms with Crippen LogP contribution < -0.4 is 4.74 Å². The summed E-state index contributed by atoms with van der Waals surface area (Å²) in [5, 5.41) is 9.82. The summed E-state index contributed by atoms with van der Waals surface area (Å²) >= 11 is 5.81. The minimum absolute atomic E-state index is 0.0214. The molecule has 0 aromatic heterocycles. The first kappa shape index (κ1) is 21.6. The number of allylic oxidation sites excluding steroid dienone is 1. The summed E-state index contributed by atoms with van der Waals surface area (Å²) in [5.74, 6) is 0.658. The zero-order chi connectivity index (χ0) is 21.7. The SMILES string of the molecule is Cc1cc(C)cc(COc2ccc(C=C(C#N)S(=O)(=O)c3ccc(Cl)cc3)cc2)c1. The highest BCUT2D eigenvalue weighted by molar-refractivity contribution is 7.95. The van der Waals surface area contributed by atoms with Crippen LogP contribution in [0.2, 0.25) is 5.02 Å². The van der Waals surface area contributed by atoms with Crippen LogP contribution in [-0.2, 0) is 16.4 Å². The van der Waals surface area contributed by atoms with Crippen LogP contribution in [-0.4, -0.2) is 8.42 Å². The topological polar surface area (TPSA) is 67.2 Å². The van der Waals surface area contributed by atoms with Gasteiger partial charge in [-0.3, -0.25) is 0 Å². The largest absolute Gasteiger partial charge is 0.489 e. The molecule has 0 spiro atoms. The third kappa shape index (κ3) is 5.29. The van der Waals surface area contributed by atoms with E-state index in [2.05, 4.69) is 18.2 Å². The standard InChI is InChI=1S/C24H20ClNO3S/c1-17-11-18(2)13-20(12-17)16-29-22-7-3-19(4-8-22)14-24(15-26)30(27,28)23-9-5-21(25)6-10-23/h3-14H,16H2,1-2H3. The van der Waals surface area contributed by atoms with Crippen molar-refractivity contribution in [3.8, 4) is 11.8 Å². The van der Waals surface area contributed by atoms with E-state index in [-0.39, 0.29) is 9.80 Å². The highest BCUT2D eigenvalue weighted by Crippen LogP contribution is 2.24. The van der Waals surface area contributed by atoms with E-state index in [9.17, 15) is 13.7 Å². The molecule has 4 nitrogen and oxygen atoms in total. The van der Waals surface area contributed by atoms with Crippen LogP contribution in [0.25, 0.3) is 6.08 Å². The number of sulfone groups is 1. The van der Waals surface area contributed by atoms with E-state index in [1.54, 1.807) is 30.3 Å². The molecule has 0 amide bonds. The molecule has 3 aromatic rings. The molecule has 0 radical (unpaired) electrons. The van der Waals surface area contributed by atoms with Crippen molar-refractivity contribution >= 4 is 27.5 Å². The van der Waals surface area contributed by atoms with Gasteiger partial charge in [0.15, 0.2) is 0 Å². The Labute approximate surface area is 181 Å². The van der Waals surface area contributed by atoms with Crippen molar-refractivity contribution in [1.29, 1.82) is 5.26 Å². The fraction of sp³-hybridized carbons (Fsp3) is 0.125. The molecule has 30 heavy (non-hydrogen) atoms. The molecule has 0 bridgehead atoms. The molecule has 3 rings (SSSR count). The Hall–Kier alpha value is -3.07. The number of nitriles is 1. The predicted molar refractivity (Wildman–Crippen MR) is 119 cm³/mol. The van der Waals surface area contributed by atoms with Crippen LogP contribution in [0.15, 0.2) is 76.5 Å². The maximum Gasteiger partial charge on any atom is 0.216 e. The van der Waals surface area contributed by atoms with Gasteiger partial charge in [0, 0.05) is 5.02 Å². The average molecular weight is 438 g/mol. The monoisotopic (exact) mass is 437 g/mol. The van der Waals surface area contributed by atoms with Gasteiger partial charge in [-0.1, -0.05) is 53.1 Å². The number of aryl methyl sites for hydroxylation is 2. The molecule has 0 aliphatic rings. The average Bonchev–Trinajstić information content (AvgIpc) is 2.71.